The standard InChI is InChI=1S/C16H9ClN4O3S2/c1-7-18-13-12(25-7)5-4-11-14(13)26-16(19-11)20-15(22)9-6-8(21(23)24)2-3-10(9)17/h2-6H,1H3,(H,19,20,22). The van der Waals surface area contributed by atoms with Crippen LogP contribution in [-0.2, 0) is 0 Å². The Morgan fingerprint density at radius 2 is 2.04 bits per heavy atom. The maximum atomic E-state index is 12.5. The number of carbonyl (C=O) groups excluding carboxylic acids is 1. The number of nitro groups is 1. The lowest BCUT2D eigenvalue weighted by Crippen LogP contribution is -2.12. The van der Waals surface area contributed by atoms with Gasteiger partial charge in [-0.25, -0.2) is 9.97 Å². The summed E-state index contributed by atoms with van der Waals surface area (Å²) in [7, 11) is 0. The van der Waals surface area contributed by atoms with Crippen molar-refractivity contribution in [3.05, 3.63) is 56.0 Å². The largest absolute Gasteiger partial charge is 0.298 e. The Morgan fingerprint density at radius 3 is 2.81 bits per heavy atom. The molecule has 0 aliphatic rings. The van der Waals surface area contributed by atoms with Gasteiger partial charge < -0.3 is 0 Å². The van der Waals surface area contributed by atoms with Crippen LogP contribution >= 0.6 is 34.3 Å². The summed E-state index contributed by atoms with van der Waals surface area (Å²) in [5, 5.41) is 15.0. The average Bonchev–Trinajstić information content (AvgIpc) is 3.16. The van der Waals surface area contributed by atoms with E-state index < -0.39 is 10.8 Å². The molecule has 0 saturated carbocycles. The van der Waals surface area contributed by atoms with Gasteiger partial charge in [0.25, 0.3) is 11.6 Å². The molecule has 130 valence electrons. The van der Waals surface area contributed by atoms with E-state index >= 15 is 0 Å². The number of hydrogen-bond donors (Lipinski definition) is 1. The number of anilines is 1. The summed E-state index contributed by atoms with van der Waals surface area (Å²) in [6.07, 6.45) is 0. The first kappa shape index (κ1) is 16.8. The minimum Gasteiger partial charge on any atom is -0.298 e. The first-order valence-electron chi connectivity index (χ1n) is 7.34. The van der Waals surface area contributed by atoms with Gasteiger partial charge in [0, 0.05) is 12.1 Å². The van der Waals surface area contributed by atoms with Crippen LogP contribution in [0.5, 0.6) is 0 Å². The molecular formula is C16H9ClN4O3S2. The van der Waals surface area contributed by atoms with E-state index in [-0.39, 0.29) is 16.3 Å². The van der Waals surface area contributed by atoms with Crippen molar-refractivity contribution in [2.24, 2.45) is 0 Å². The zero-order chi connectivity index (χ0) is 18.4. The zero-order valence-corrected chi connectivity index (χ0v) is 15.5. The second-order valence-electron chi connectivity index (χ2n) is 5.39. The number of benzene rings is 2. The van der Waals surface area contributed by atoms with Crippen molar-refractivity contribution in [1.29, 1.82) is 0 Å². The molecular weight excluding hydrogens is 396 g/mol. The van der Waals surface area contributed by atoms with Crippen LogP contribution in [0.3, 0.4) is 0 Å². The SMILES string of the molecule is Cc1nc2c(ccc3nc(NC(=O)c4cc([N+](=O)[O-])ccc4Cl)sc32)s1. The second kappa shape index (κ2) is 6.27. The van der Waals surface area contributed by atoms with Crippen molar-refractivity contribution in [3.63, 3.8) is 0 Å². The van der Waals surface area contributed by atoms with Crippen LogP contribution in [-0.4, -0.2) is 20.8 Å². The van der Waals surface area contributed by atoms with Crippen LogP contribution in [0.25, 0.3) is 20.4 Å². The lowest BCUT2D eigenvalue weighted by atomic mass is 10.2. The molecule has 4 rings (SSSR count). The number of nitro benzene ring substituents is 1. The number of aromatic nitrogens is 2. The highest BCUT2D eigenvalue weighted by Gasteiger charge is 2.18. The number of thiazole rings is 2. The summed E-state index contributed by atoms with van der Waals surface area (Å²) < 4.78 is 1.94. The molecule has 0 saturated heterocycles. The third-order valence-electron chi connectivity index (χ3n) is 3.65. The predicted molar refractivity (Wildman–Crippen MR) is 104 cm³/mol. The fraction of sp³-hybridized carbons (Fsp3) is 0.0625. The smallest absolute Gasteiger partial charge is 0.270 e. The van der Waals surface area contributed by atoms with Crippen molar-refractivity contribution in [1.82, 2.24) is 9.97 Å². The van der Waals surface area contributed by atoms with Crippen LogP contribution < -0.4 is 5.32 Å². The van der Waals surface area contributed by atoms with Gasteiger partial charge in [-0.1, -0.05) is 22.9 Å². The van der Waals surface area contributed by atoms with Gasteiger partial charge >= 0.3 is 0 Å². The van der Waals surface area contributed by atoms with Gasteiger partial charge in [0.2, 0.25) is 0 Å². The summed E-state index contributed by atoms with van der Waals surface area (Å²) in [6.45, 7) is 1.94. The molecule has 0 aliphatic heterocycles. The molecule has 0 fully saturated rings. The monoisotopic (exact) mass is 404 g/mol. The van der Waals surface area contributed by atoms with Crippen molar-refractivity contribution in [2.45, 2.75) is 6.92 Å². The molecule has 2 aromatic carbocycles. The molecule has 0 unspecified atom stereocenters. The van der Waals surface area contributed by atoms with Crippen molar-refractivity contribution in [2.75, 3.05) is 5.32 Å². The van der Waals surface area contributed by atoms with Crippen molar-refractivity contribution in [3.8, 4) is 0 Å². The van der Waals surface area contributed by atoms with Gasteiger partial charge in [-0.05, 0) is 25.1 Å². The van der Waals surface area contributed by atoms with E-state index in [1.165, 1.54) is 23.5 Å². The average molecular weight is 405 g/mol. The van der Waals surface area contributed by atoms with Gasteiger partial charge in [-0.15, -0.1) is 11.3 Å². The Morgan fingerprint density at radius 1 is 1.23 bits per heavy atom. The van der Waals surface area contributed by atoms with E-state index in [0.29, 0.717) is 5.13 Å². The third kappa shape index (κ3) is 2.90. The van der Waals surface area contributed by atoms with Crippen LogP contribution in [0, 0.1) is 17.0 Å². The van der Waals surface area contributed by atoms with Crippen LogP contribution in [0.1, 0.15) is 15.4 Å². The summed E-state index contributed by atoms with van der Waals surface area (Å²) in [5.41, 5.74) is 1.41. The maximum absolute atomic E-state index is 12.5. The molecule has 4 aromatic rings. The lowest BCUT2D eigenvalue weighted by molar-refractivity contribution is -0.384. The van der Waals surface area contributed by atoms with Crippen LogP contribution in [0.15, 0.2) is 30.3 Å². The molecule has 0 aliphatic carbocycles. The van der Waals surface area contributed by atoms with Crippen LogP contribution in [0.4, 0.5) is 10.8 Å². The molecule has 0 radical (unpaired) electrons. The minimum atomic E-state index is -0.577. The molecule has 10 heteroatoms. The van der Waals surface area contributed by atoms with E-state index in [9.17, 15) is 14.9 Å². The minimum absolute atomic E-state index is 0.0229. The van der Waals surface area contributed by atoms with Crippen molar-refractivity contribution >= 4 is 71.4 Å². The molecule has 26 heavy (non-hydrogen) atoms. The van der Waals surface area contributed by atoms with Crippen molar-refractivity contribution < 1.29 is 9.72 Å². The number of carbonyl (C=O) groups is 1. The maximum Gasteiger partial charge on any atom is 0.270 e. The Bertz CT molecular complexity index is 1200. The van der Waals surface area contributed by atoms with E-state index in [1.807, 2.05) is 19.1 Å². The second-order valence-corrected chi connectivity index (χ2v) is 8.03. The Hall–Kier alpha value is -2.62. The number of aryl methyl sites for hydroxylation is 1. The van der Waals surface area contributed by atoms with Gasteiger partial charge in [-0.2, -0.15) is 0 Å². The van der Waals surface area contributed by atoms with E-state index in [1.54, 1.807) is 11.3 Å². The number of amides is 1. The quantitative estimate of drug-likeness (QED) is 0.381. The molecule has 7 nitrogen and oxygen atoms in total. The molecule has 0 atom stereocenters. The predicted octanol–water partition coefficient (Wildman–Crippen LogP) is 5.03. The summed E-state index contributed by atoms with van der Waals surface area (Å²) >= 11 is 8.91. The van der Waals surface area contributed by atoms with E-state index in [4.69, 9.17) is 11.6 Å². The normalized spacial score (nSPS) is 11.2. The summed E-state index contributed by atoms with van der Waals surface area (Å²) in [5.74, 6) is -0.552. The Balaban J connectivity index is 1.71. The number of hydrogen-bond acceptors (Lipinski definition) is 7. The first-order valence-corrected chi connectivity index (χ1v) is 9.35. The molecule has 2 heterocycles. The Labute approximate surface area is 159 Å². The number of rotatable bonds is 3. The highest BCUT2D eigenvalue weighted by atomic mass is 35.5. The van der Waals surface area contributed by atoms with Crippen LogP contribution in [0.2, 0.25) is 5.02 Å². The van der Waals surface area contributed by atoms with Gasteiger partial charge in [0.15, 0.2) is 5.13 Å². The molecule has 2 aromatic heterocycles. The fourth-order valence-electron chi connectivity index (χ4n) is 2.51. The van der Waals surface area contributed by atoms with E-state index in [0.717, 1.165) is 31.5 Å². The topological polar surface area (TPSA) is 98.0 Å². The summed E-state index contributed by atoms with van der Waals surface area (Å²) in [4.78, 5) is 31.7. The number of halogens is 1. The highest BCUT2D eigenvalue weighted by Crippen LogP contribution is 2.35. The van der Waals surface area contributed by atoms with E-state index in [2.05, 4.69) is 15.3 Å². The lowest BCUT2D eigenvalue weighted by Gasteiger charge is -2.03. The first-order chi connectivity index (χ1) is 12.4. The number of non-ortho nitro benzene ring substituents is 1. The number of fused-ring (bicyclic) bond motifs is 3. The molecule has 1 amide bonds. The summed E-state index contributed by atoms with van der Waals surface area (Å²) in [6, 6.07) is 7.55. The van der Waals surface area contributed by atoms with Gasteiger partial charge in [0.1, 0.15) is 5.52 Å². The Kier molecular flexibility index (Phi) is 4.06. The highest BCUT2D eigenvalue weighted by molar-refractivity contribution is 7.24. The fourth-order valence-corrected chi connectivity index (χ4v) is 4.56. The van der Waals surface area contributed by atoms with Gasteiger partial charge in [0.05, 0.1) is 35.4 Å². The number of nitrogens with zero attached hydrogens (tertiary/aromatic N) is 3. The third-order valence-corrected chi connectivity index (χ3v) is 5.91. The van der Waals surface area contributed by atoms with Gasteiger partial charge in [-0.3, -0.25) is 20.2 Å². The number of nitrogens with one attached hydrogen (secondary N) is 1. The molecule has 1 N–H and O–H groups in total. The zero-order valence-electron chi connectivity index (χ0n) is 13.1. The molecule has 0 spiro atoms. The molecule has 0 bridgehead atoms.